The fraction of sp³-hybridized carbons (Fsp3) is 0.667. The summed E-state index contributed by atoms with van der Waals surface area (Å²) < 4.78 is 28.0. The second kappa shape index (κ2) is 3.94. The van der Waals surface area contributed by atoms with Gasteiger partial charge in [0, 0.05) is 13.0 Å². The minimum Gasteiger partial charge on any atom is -0.449 e. The first-order chi connectivity index (χ1) is 7.11. The highest BCUT2D eigenvalue weighted by atomic mass is 32.2. The Hall–Kier alpha value is -0.880. The number of sulfone groups is 1. The molecular formula is C9H14N2O3S. The fourth-order valence-electron chi connectivity index (χ4n) is 1.62. The van der Waals surface area contributed by atoms with Crippen LogP contribution < -0.4 is 5.32 Å². The highest BCUT2D eigenvalue weighted by molar-refractivity contribution is 7.91. The number of aromatic nitrogens is 1. The van der Waals surface area contributed by atoms with E-state index >= 15 is 0 Å². The molecule has 0 saturated carbocycles. The second-order valence-electron chi connectivity index (χ2n) is 3.64. The lowest BCUT2D eigenvalue weighted by Crippen LogP contribution is -2.39. The molecule has 1 aromatic rings. The van der Waals surface area contributed by atoms with Gasteiger partial charge in [-0.1, -0.05) is 6.92 Å². The highest BCUT2D eigenvalue weighted by Crippen LogP contribution is 2.18. The zero-order valence-electron chi connectivity index (χ0n) is 8.56. The number of rotatable bonds is 2. The van der Waals surface area contributed by atoms with E-state index in [4.69, 9.17) is 4.42 Å². The summed E-state index contributed by atoms with van der Waals surface area (Å²) in [6, 6.07) is -0.215. The third-order valence-electron chi connectivity index (χ3n) is 2.45. The van der Waals surface area contributed by atoms with Crippen molar-refractivity contribution < 1.29 is 12.8 Å². The molecule has 1 aliphatic heterocycles. The minimum atomic E-state index is -2.92. The van der Waals surface area contributed by atoms with Gasteiger partial charge in [-0.2, -0.15) is 0 Å². The Morgan fingerprint density at radius 2 is 2.47 bits per heavy atom. The Labute approximate surface area is 88.8 Å². The zero-order valence-corrected chi connectivity index (χ0v) is 9.38. The lowest BCUT2D eigenvalue weighted by Gasteiger charge is -2.21. The smallest absolute Gasteiger partial charge is 0.193 e. The molecule has 1 unspecified atom stereocenters. The van der Waals surface area contributed by atoms with Gasteiger partial charge in [0.05, 0.1) is 23.2 Å². The average molecular weight is 230 g/mol. The van der Waals surface area contributed by atoms with Gasteiger partial charge >= 0.3 is 0 Å². The van der Waals surface area contributed by atoms with Crippen LogP contribution in [-0.4, -0.2) is 31.5 Å². The first-order valence-corrected chi connectivity index (χ1v) is 6.81. The number of nitrogens with one attached hydrogen (secondary N) is 1. The topological polar surface area (TPSA) is 72.2 Å². The third-order valence-corrected chi connectivity index (χ3v) is 4.12. The lowest BCUT2D eigenvalue weighted by atomic mass is 10.2. The van der Waals surface area contributed by atoms with Crippen molar-refractivity contribution in [3.8, 4) is 0 Å². The predicted octanol–water partition coefficient (Wildman–Crippen LogP) is 0.296. The summed E-state index contributed by atoms with van der Waals surface area (Å²) in [4.78, 5) is 4.22. The Balaban J connectivity index is 2.17. The molecular weight excluding hydrogens is 216 g/mol. The number of aryl methyl sites for hydroxylation is 1. The summed E-state index contributed by atoms with van der Waals surface area (Å²) in [5, 5.41) is 3.13. The van der Waals surface area contributed by atoms with E-state index in [1.54, 1.807) is 0 Å². The largest absolute Gasteiger partial charge is 0.449 e. The molecule has 0 bridgehead atoms. The summed E-state index contributed by atoms with van der Waals surface area (Å²) in [6.45, 7) is 2.43. The minimum absolute atomic E-state index is 0.114. The molecule has 2 heterocycles. The molecule has 84 valence electrons. The van der Waals surface area contributed by atoms with E-state index in [9.17, 15) is 8.42 Å². The molecule has 6 heteroatoms. The Bertz CT molecular complexity index is 438. The molecule has 0 radical (unpaired) electrons. The monoisotopic (exact) mass is 230 g/mol. The van der Waals surface area contributed by atoms with Crippen molar-refractivity contribution in [1.29, 1.82) is 0 Å². The van der Waals surface area contributed by atoms with E-state index in [2.05, 4.69) is 10.3 Å². The predicted molar refractivity (Wildman–Crippen MR) is 55.3 cm³/mol. The molecule has 0 aromatic carbocycles. The molecule has 2 rings (SSSR count). The van der Waals surface area contributed by atoms with Crippen molar-refractivity contribution in [3.05, 3.63) is 17.8 Å². The van der Waals surface area contributed by atoms with Crippen LogP contribution in [0.5, 0.6) is 0 Å². The van der Waals surface area contributed by atoms with Crippen LogP contribution in [0.25, 0.3) is 0 Å². The number of nitrogens with zero attached hydrogens (tertiary/aromatic N) is 1. The van der Waals surface area contributed by atoms with Crippen LogP contribution in [0.4, 0.5) is 0 Å². The van der Waals surface area contributed by atoms with Crippen molar-refractivity contribution in [2.24, 2.45) is 0 Å². The van der Waals surface area contributed by atoms with E-state index in [0.29, 0.717) is 18.1 Å². The van der Waals surface area contributed by atoms with Crippen LogP contribution in [0.15, 0.2) is 10.7 Å². The third kappa shape index (κ3) is 2.38. The second-order valence-corrected chi connectivity index (χ2v) is 5.87. The average Bonchev–Trinajstić information content (AvgIpc) is 2.64. The van der Waals surface area contributed by atoms with Gasteiger partial charge in [0.15, 0.2) is 15.7 Å². The van der Waals surface area contributed by atoms with Crippen LogP contribution >= 0.6 is 0 Å². The molecule has 1 N–H and O–H groups in total. The SMILES string of the molecule is CCc1nc(C2CS(=O)(=O)CCN2)co1. The number of oxazole rings is 1. The molecule has 5 nitrogen and oxygen atoms in total. The fourth-order valence-corrected chi connectivity index (χ4v) is 3.01. The van der Waals surface area contributed by atoms with Crippen molar-refractivity contribution in [1.82, 2.24) is 10.3 Å². The van der Waals surface area contributed by atoms with Gasteiger partial charge in [0.25, 0.3) is 0 Å². The van der Waals surface area contributed by atoms with Crippen molar-refractivity contribution in [3.63, 3.8) is 0 Å². The van der Waals surface area contributed by atoms with E-state index < -0.39 is 9.84 Å². The summed E-state index contributed by atoms with van der Waals surface area (Å²) in [5.74, 6) is 0.972. The molecule has 0 amide bonds. The highest BCUT2D eigenvalue weighted by Gasteiger charge is 2.27. The molecule has 1 aromatic heterocycles. The van der Waals surface area contributed by atoms with Crippen LogP contribution in [0.2, 0.25) is 0 Å². The van der Waals surface area contributed by atoms with Crippen LogP contribution in [0, 0.1) is 0 Å². The van der Waals surface area contributed by atoms with Gasteiger partial charge in [0.2, 0.25) is 0 Å². The maximum atomic E-state index is 11.4. The van der Waals surface area contributed by atoms with E-state index in [-0.39, 0.29) is 17.5 Å². The van der Waals surface area contributed by atoms with Crippen molar-refractivity contribution in [2.45, 2.75) is 19.4 Å². The van der Waals surface area contributed by atoms with Crippen LogP contribution in [-0.2, 0) is 16.3 Å². The van der Waals surface area contributed by atoms with E-state index in [1.165, 1.54) is 6.26 Å². The molecule has 1 aliphatic rings. The normalized spacial score (nSPS) is 25.3. The zero-order chi connectivity index (χ0) is 10.9. The lowest BCUT2D eigenvalue weighted by molar-refractivity contribution is 0.497. The van der Waals surface area contributed by atoms with Gasteiger partial charge in [-0.05, 0) is 0 Å². The summed E-state index contributed by atoms with van der Waals surface area (Å²) in [6.07, 6.45) is 2.26. The standard InChI is InChI=1S/C9H14N2O3S/c1-2-9-11-7(5-14-9)8-6-15(12,13)4-3-10-8/h5,8,10H,2-4,6H2,1H3. The quantitative estimate of drug-likeness (QED) is 0.791. The van der Waals surface area contributed by atoms with E-state index in [1.807, 2.05) is 6.92 Å². The first kappa shape index (κ1) is 10.6. The van der Waals surface area contributed by atoms with Crippen molar-refractivity contribution in [2.75, 3.05) is 18.1 Å². The summed E-state index contributed by atoms with van der Waals surface area (Å²) in [5.41, 5.74) is 0.690. The van der Waals surface area contributed by atoms with Crippen LogP contribution in [0.1, 0.15) is 24.6 Å². The molecule has 0 aliphatic carbocycles. The first-order valence-electron chi connectivity index (χ1n) is 4.99. The summed E-state index contributed by atoms with van der Waals surface area (Å²) >= 11 is 0. The molecule has 1 atom stereocenters. The van der Waals surface area contributed by atoms with Crippen LogP contribution in [0.3, 0.4) is 0 Å². The number of hydrogen-bond donors (Lipinski definition) is 1. The van der Waals surface area contributed by atoms with Gasteiger partial charge in [-0.15, -0.1) is 0 Å². The Morgan fingerprint density at radius 3 is 3.07 bits per heavy atom. The molecule has 1 fully saturated rings. The van der Waals surface area contributed by atoms with Gasteiger partial charge < -0.3 is 9.73 Å². The summed E-state index contributed by atoms with van der Waals surface area (Å²) in [7, 11) is -2.92. The number of hydrogen-bond acceptors (Lipinski definition) is 5. The molecule has 0 spiro atoms. The maximum absolute atomic E-state index is 11.4. The Morgan fingerprint density at radius 1 is 1.67 bits per heavy atom. The maximum Gasteiger partial charge on any atom is 0.193 e. The Kier molecular flexibility index (Phi) is 2.79. The van der Waals surface area contributed by atoms with Gasteiger partial charge in [-0.25, -0.2) is 13.4 Å². The van der Waals surface area contributed by atoms with Gasteiger partial charge in [-0.3, -0.25) is 0 Å². The van der Waals surface area contributed by atoms with E-state index in [0.717, 1.165) is 6.42 Å². The molecule has 1 saturated heterocycles. The molecule has 15 heavy (non-hydrogen) atoms. The van der Waals surface area contributed by atoms with Gasteiger partial charge in [0.1, 0.15) is 6.26 Å². The van der Waals surface area contributed by atoms with Crippen molar-refractivity contribution >= 4 is 9.84 Å².